The summed E-state index contributed by atoms with van der Waals surface area (Å²) in [5, 5.41) is 8.79. The Morgan fingerprint density at radius 1 is 1.44 bits per heavy atom. The minimum absolute atomic E-state index is 0.0953. The van der Waals surface area contributed by atoms with Gasteiger partial charge < -0.3 is 4.90 Å². The third kappa shape index (κ3) is 2.48. The summed E-state index contributed by atoms with van der Waals surface area (Å²) >= 11 is 0. The maximum absolute atomic E-state index is 13.9. The van der Waals surface area contributed by atoms with E-state index in [1.54, 1.807) is 6.07 Å². The largest absolute Gasteiger partial charge is 0.364 e. The number of anilines is 1. The Bertz CT molecular complexity index is 462. The first-order valence-electron chi connectivity index (χ1n) is 6.44. The van der Waals surface area contributed by atoms with Crippen LogP contribution in [-0.4, -0.2) is 12.1 Å². The van der Waals surface area contributed by atoms with Gasteiger partial charge in [-0.1, -0.05) is 12.1 Å². The molecule has 3 heteroatoms. The van der Waals surface area contributed by atoms with Crippen LogP contribution in [0.2, 0.25) is 0 Å². The van der Waals surface area contributed by atoms with Crippen LogP contribution in [0, 0.1) is 23.1 Å². The van der Waals surface area contributed by atoms with Crippen molar-refractivity contribution in [2.75, 3.05) is 11.4 Å². The smallest absolute Gasteiger partial charge is 0.146 e. The number of nitriles is 1. The zero-order chi connectivity index (χ0) is 13.2. The lowest BCUT2D eigenvalue weighted by molar-refractivity contribution is 0.275. The minimum Gasteiger partial charge on any atom is -0.364 e. The Morgan fingerprint density at radius 2 is 2.17 bits per heavy atom. The van der Waals surface area contributed by atoms with E-state index in [4.69, 9.17) is 5.26 Å². The molecule has 1 aromatic rings. The maximum Gasteiger partial charge on any atom is 0.146 e. The van der Waals surface area contributed by atoms with Crippen molar-refractivity contribution in [3.8, 4) is 6.07 Å². The highest BCUT2D eigenvalue weighted by Crippen LogP contribution is 2.37. The zero-order valence-electron chi connectivity index (χ0n) is 11.0. The number of rotatable bonds is 2. The van der Waals surface area contributed by atoms with Crippen molar-refractivity contribution in [2.45, 2.75) is 38.6 Å². The minimum atomic E-state index is -0.163. The lowest BCUT2D eigenvalue weighted by Crippen LogP contribution is -2.50. The van der Waals surface area contributed by atoms with Crippen LogP contribution in [0.5, 0.6) is 0 Å². The summed E-state index contributed by atoms with van der Waals surface area (Å²) in [5.74, 6) is 0.275. The van der Waals surface area contributed by atoms with Gasteiger partial charge in [0.2, 0.25) is 0 Å². The zero-order valence-corrected chi connectivity index (χ0v) is 11.0. The molecule has 1 heterocycles. The first-order chi connectivity index (χ1) is 8.54. The molecular weight excluding hydrogens is 227 g/mol. The molecule has 96 valence electrons. The van der Waals surface area contributed by atoms with Crippen LogP contribution in [0.15, 0.2) is 24.3 Å². The van der Waals surface area contributed by atoms with Gasteiger partial charge in [0.1, 0.15) is 5.82 Å². The fraction of sp³-hybridized carbons (Fsp3) is 0.533. The summed E-state index contributed by atoms with van der Waals surface area (Å²) in [6, 6.07) is 9.18. The number of hydrogen-bond donors (Lipinski definition) is 0. The van der Waals surface area contributed by atoms with Crippen LogP contribution in [0.3, 0.4) is 0 Å². The van der Waals surface area contributed by atoms with E-state index in [9.17, 15) is 4.39 Å². The second kappa shape index (κ2) is 4.97. The first-order valence-corrected chi connectivity index (χ1v) is 6.44. The Morgan fingerprint density at radius 3 is 2.78 bits per heavy atom. The number of piperidine rings is 1. The average molecular weight is 246 g/mol. The van der Waals surface area contributed by atoms with E-state index in [1.165, 1.54) is 6.07 Å². The third-order valence-electron chi connectivity index (χ3n) is 3.80. The third-order valence-corrected chi connectivity index (χ3v) is 3.80. The standard InChI is InChI=1S/C15H19FN2/c1-15(2)11-12(7-9-17)8-10-18(15)14-6-4-3-5-13(14)16/h3-6,12H,7-8,10-11H2,1-2H3. The normalized spacial score (nSPS) is 22.6. The summed E-state index contributed by atoms with van der Waals surface area (Å²) in [7, 11) is 0. The van der Waals surface area contributed by atoms with E-state index in [0.29, 0.717) is 18.0 Å². The lowest BCUT2D eigenvalue weighted by atomic mass is 9.81. The van der Waals surface area contributed by atoms with Crippen LogP contribution in [0.25, 0.3) is 0 Å². The fourth-order valence-corrected chi connectivity index (χ4v) is 2.95. The SMILES string of the molecule is CC1(C)CC(CC#N)CCN1c1ccccc1F. The molecule has 1 aromatic carbocycles. The predicted octanol–water partition coefficient (Wildman–Crippen LogP) is 3.73. The second-order valence-corrected chi connectivity index (χ2v) is 5.64. The molecule has 0 saturated carbocycles. The molecule has 2 nitrogen and oxygen atoms in total. The van der Waals surface area contributed by atoms with Crippen molar-refractivity contribution in [3.05, 3.63) is 30.1 Å². The van der Waals surface area contributed by atoms with Gasteiger partial charge in [-0.2, -0.15) is 5.26 Å². The summed E-state index contributed by atoms with van der Waals surface area (Å²) in [5.41, 5.74) is 0.583. The van der Waals surface area contributed by atoms with E-state index < -0.39 is 0 Å². The van der Waals surface area contributed by atoms with Crippen molar-refractivity contribution in [2.24, 2.45) is 5.92 Å². The van der Waals surface area contributed by atoms with Gasteiger partial charge in [-0.25, -0.2) is 4.39 Å². The van der Waals surface area contributed by atoms with E-state index >= 15 is 0 Å². The van der Waals surface area contributed by atoms with Crippen LogP contribution in [0.1, 0.15) is 33.1 Å². The molecule has 1 atom stereocenters. The van der Waals surface area contributed by atoms with E-state index in [1.807, 2.05) is 12.1 Å². The fourth-order valence-electron chi connectivity index (χ4n) is 2.95. The molecule has 1 aliphatic rings. The first kappa shape index (κ1) is 12.9. The Labute approximate surface area is 108 Å². The maximum atomic E-state index is 13.9. The van der Waals surface area contributed by atoms with E-state index in [-0.39, 0.29) is 11.4 Å². The summed E-state index contributed by atoms with van der Waals surface area (Å²) < 4.78 is 13.9. The van der Waals surface area contributed by atoms with E-state index in [0.717, 1.165) is 19.4 Å². The number of para-hydroxylation sites is 1. The van der Waals surface area contributed by atoms with Gasteiger partial charge in [0.15, 0.2) is 0 Å². The molecule has 0 aromatic heterocycles. The highest BCUT2D eigenvalue weighted by atomic mass is 19.1. The molecular formula is C15H19FN2. The molecule has 0 spiro atoms. The second-order valence-electron chi connectivity index (χ2n) is 5.64. The molecule has 18 heavy (non-hydrogen) atoms. The molecule has 1 saturated heterocycles. The van der Waals surface area contributed by atoms with Crippen LogP contribution in [-0.2, 0) is 0 Å². The highest BCUT2D eigenvalue weighted by molar-refractivity contribution is 5.50. The molecule has 0 radical (unpaired) electrons. The molecule has 0 aliphatic carbocycles. The number of nitrogens with zero attached hydrogens (tertiary/aromatic N) is 2. The van der Waals surface area contributed by atoms with Gasteiger partial charge in [-0.15, -0.1) is 0 Å². The molecule has 1 fully saturated rings. The Hall–Kier alpha value is -1.56. The van der Waals surface area contributed by atoms with Gasteiger partial charge in [-0.05, 0) is 44.7 Å². The topological polar surface area (TPSA) is 27.0 Å². The van der Waals surface area contributed by atoms with Crippen LogP contribution < -0.4 is 4.90 Å². The van der Waals surface area contributed by atoms with Crippen molar-refractivity contribution in [1.29, 1.82) is 5.26 Å². The van der Waals surface area contributed by atoms with Gasteiger partial charge in [-0.3, -0.25) is 0 Å². The number of halogens is 1. The molecule has 1 unspecified atom stereocenters. The predicted molar refractivity (Wildman–Crippen MR) is 70.8 cm³/mol. The van der Waals surface area contributed by atoms with Gasteiger partial charge >= 0.3 is 0 Å². The number of benzene rings is 1. The van der Waals surface area contributed by atoms with Crippen LogP contribution >= 0.6 is 0 Å². The van der Waals surface area contributed by atoms with Crippen molar-refractivity contribution < 1.29 is 4.39 Å². The average Bonchev–Trinajstić information content (AvgIpc) is 2.30. The lowest BCUT2D eigenvalue weighted by Gasteiger charge is -2.47. The van der Waals surface area contributed by atoms with E-state index in [2.05, 4.69) is 24.8 Å². The summed E-state index contributed by atoms with van der Waals surface area (Å²) in [6.07, 6.45) is 2.51. The van der Waals surface area contributed by atoms with Gasteiger partial charge in [0.25, 0.3) is 0 Å². The summed E-state index contributed by atoms with van der Waals surface area (Å²) in [4.78, 5) is 2.14. The molecule has 0 amide bonds. The van der Waals surface area contributed by atoms with Crippen molar-refractivity contribution in [3.63, 3.8) is 0 Å². The van der Waals surface area contributed by atoms with Crippen molar-refractivity contribution in [1.82, 2.24) is 0 Å². The Kier molecular flexibility index (Phi) is 3.56. The molecule has 0 bridgehead atoms. The number of hydrogen-bond acceptors (Lipinski definition) is 2. The highest BCUT2D eigenvalue weighted by Gasteiger charge is 2.35. The quantitative estimate of drug-likeness (QED) is 0.795. The summed E-state index contributed by atoms with van der Waals surface area (Å²) in [6.45, 7) is 5.08. The van der Waals surface area contributed by atoms with Crippen molar-refractivity contribution >= 4 is 5.69 Å². The Balaban J connectivity index is 2.21. The van der Waals surface area contributed by atoms with Gasteiger partial charge in [0, 0.05) is 18.5 Å². The van der Waals surface area contributed by atoms with Gasteiger partial charge in [0.05, 0.1) is 11.8 Å². The molecule has 2 rings (SSSR count). The molecule has 1 aliphatic heterocycles. The monoisotopic (exact) mass is 246 g/mol. The molecule has 0 N–H and O–H groups in total. The van der Waals surface area contributed by atoms with Crippen LogP contribution in [0.4, 0.5) is 10.1 Å².